The highest BCUT2D eigenvalue weighted by molar-refractivity contribution is 7.92. The van der Waals surface area contributed by atoms with Crippen molar-refractivity contribution in [1.29, 1.82) is 0 Å². The minimum Gasteiger partial charge on any atom is -0.341 e. The van der Waals surface area contributed by atoms with E-state index < -0.39 is 10.0 Å². The monoisotopic (exact) mass is 400 g/mol. The molecular weight excluding hydrogens is 372 g/mol. The quantitative estimate of drug-likeness (QED) is 0.740. The van der Waals surface area contributed by atoms with Gasteiger partial charge in [-0.3, -0.25) is 9.10 Å². The first-order valence-corrected chi connectivity index (χ1v) is 11.4. The van der Waals surface area contributed by atoms with Crippen LogP contribution in [-0.4, -0.2) is 38.9 Å². The fraction of sp³-hybridized carbons (Fsp3) is 0.409. The molecule has 2 aromatic carbocycles. The third-order valence-electron chi connectivity index (χ3n) is 5.21. The number of para-hydroxylation sites is 1. The van der Waals surface area contributed by atoms with Crippen molar-refractivity contribution in [2.75, 3.05) is 23.9 Å². The van der Waals surface area contributed by atoms with Gasteiger partial charge in [-0.15, -0.1) is 0 Å². The minimum absolute atomic E-state index is 0.132. The lowest BCUT2D eigenvalue weighted by Crippen LogP contribution is -2.43. The Morgan fingerprint density at radius 2 is 1.54 bits per heavy atom. The van der Waals surface area contributed by atoms with Crippen LogP contribution in [0.15, 0.2) is 59.5 Å². The number of amides is 1. The van der Waals surface area contributed by atoms with Gasteiger partial charge in [0.2, 0.25) is 5.91 Å². The second kappa shape index (κ2) is 9.24. The first-order chi connectivity index (χ1) is 13.5. The van der Waals surface area contributed by atoms with Gasteiger partial charge in [-0.05, 0) is 43.0 Å². The molecule has 150 valence electrons. The van der Waals surface area contributed by atoms with Gasteiger partial charge in [-0.1, -0.05) is 56.2 Å². The molecule has 1 aliphatic rings. The molecule has 0 unspecified atom stereocenters. The smallest absolute Gasteiger partial charge is 0.264 e. The van der Waals surface area contributed by atoms with Crippen LogP contribution in [0.3, 0.4) is 0 Å². The summed E-state index contributed by atoms with van der Waals surface area (Å²) in [6, 6.07) is 15.8. The van der Waals surface area contributed by atoms with Crippen LogP contribution < -0.4 is 4.31 Å². The van der Waals surface area contributed by atoms with Gasteiger partial charge in [-0.25, -0.2) is 8.42 Å². The first-order valence-electron chi connectivity index (χ1n) is 9.97. The van der Waals surface area contributed by atoms with Gasteiger partial charge >= 0.3 is 0 Å². The van der Waals surface area contributed by atoms with Crippen molar-refractivity contribution in [1.82, 2.24) is 4.90 Å². The molecule has 28 heavy (non-hydrogen) atoms. The number of carbonyl (C=O) groups is 1. The number of aryl methyl sites for hydroxylation is 1. The van der Waals surface area contributed by atoms with Crippen LogP contribution in [0, 0.1) is 0 Å². The molecule has 0 bridgehead atoms. The largest absolute Gasteiger partial charge is 0.341 e. The summed E-state index contributed by atoms with van der Waals surface area (Å²) in [5, 5.41) is 0. The van der Waals surface area contributed by atoms with E-state index in [1.54, 1.807) is 36.4 Å². The van der Waals surface area contributed by atoms with Crippen LogP contribution in [-0.2, 0) is 21.2 Å². The molecule has 6 heteroatoms. The number of rotatable bonds is 6. The van der Waals surface area contributed by atoms with Gasteiger partial charge in [0.15, 0.2) is 0 Å². The van der Waals surface area contributed by atoms with Crippen LogP contribution in [0.1, 0.15) is 38.2 Å². The number of hydrogen-bond acceptors (Lipinski definition) is 3. The molecular formula is C22H28N2O3S. The normalized spacial score (nSPS) is 15.1. The molecule has 0 aliphatic carbocycles. The second-order valence-electron chi connectivity index (χ2n) is 7.10. The zero-order valence-corrected chi connectivity index (χ0v) is 17.2. The van der Waals surface area contributed by atoms with Gasteiger partial charge in [0.25, 0.3) is 10.0 Å². The number of likely N-dealkylation sites (tertiary alicyclic amines) is 1. The fourth-order valence-corrected chi connectivity index (χ4v) is 5.09. The van der Waals surface area contributed by atoms with Crippen LogP contribution in [0.25, 0.3) is 0 Å². The number of anilines is 1. The molecule has 1 saturated heterocycles. The molecule has 2 aromatic rings. The highest BCUT2D eigenvalue weighted by Gasteiger charge is 2.30. The summed E-state index contributed by atoms with van der Waals surface area (Å²) in [5.41, 5.74) is 1.49. The Labute approximate surface area is 168 Å². The van der Waals surface area contributed by atoms with E-state index in [1.807, 2.05) is 30.0 Å². The van der Waals surface area contributed by atoms with Crippen molar-refractivity contribution in [2.45, 2.75) is 43.9 Å². The van der Waals surface area contributed by atoms with Crippen LogP contribution in [0.5, 0.6) is 0 Å². The van der Waals surface area contributed by atoms with Crippen molar-refractivity contribution in [3.8, 4) is 0 Å². The standard InChI is InChI=1S/C22H28N2O3S/c1-2-19-12-8-9-15-21(19)24(28(26,27)20-13-6-5-7-14-20)18-22(25)23-16-10-3-4-11-17-23/h5-9,12-15H,2-4,10-11,16-18H2,1H3. The molecule has 1 aliphatic heterocycles. The molecule has 0 aromatic heterocycles. The number of benzene rings is 2. The van der Waals surface area contributed by atoms with E-state index in [9.17, 15) is 13.2 Å². The maximum Gasteiger partial charge on any atom is 0.264 e. The SMILES string of the molecule is CCc1ccccc1N(CC(=O)N1CCCCCC1)S(=O)(=O)c1ccccc1. The van der Waals surface area contributed by atoms with Crippen LogP contribution >= 0.6 is 0 Å². The molecule has 1 heterocycles. The van der Waals surface area contributed by atoms with E-state index in [-0.39, 0.29) is 17.3 Å². The molecule has 1 fully saturated rings. The number of carbonyl (C=O) groups excluding carboxylic acids is 1. The van der Waals surface area contributed by atoms with Crippen LogP contribution in [0.2, 0.25) is 0 Å². The van der Waals surface area contributed by atoms with E-state index in [0.717, 1.165) is 31.2 Å². The summed E-state index contributed by atoms with van der Waals surface area (Å²) < 4.78 is 28.2. The van der Waals surface area contributed by atoms with Crippen molar-refractivity contribution in [3.63, 3.8) is 0 Å². The van der Waals surface area contributed by atoms with E-state index >= 15 is 0 Å². The van der Waals surface area contributed by atoms with Crippen molar-refractivity contribution in [3.05, 3.63) is 60.2 Å². The topological polar surface area (TPSA) is 57.7 Å². The number of hydrogen-bond donors (Lipinski definition) is 0. The molecule has 3 rings (SSSR count). The minimum atomic E-state index is -3.84. The summed E-state index contributed by atoms with van der Waals surface area (Å²) in [7, 11) is -3.84. The zero-order chi connectivity index (χ0) is 20.0. The Bertz CT molecular complexity index is 889. The van der Waals surface area contributed by atoms with E-state index in [4.69, 9.17) is 0 Å². The summed E-state index contributed by atoms with van der Waals surface area (Å²) in [6.45, 7) is 3.22. The maximum absolute atomic E-state index is 13.4. The van der Waals surface area contributed by atoms with E-state index in [2.05, 4.69) is 0 Å². The average Bonchev–Trinajstić information content (AvgIpc) is 3.02. The molecule has 1 amide bonds. The number of sulfonamides is 1. The number of nitrogens with zero attached hydrogens (tertiary/aromatic N) is 2. The molecule has 0 spiro atoms. The van der Waals surface area contributed by atoms with E-state index in [0.29, 0.717) is 25.2 Å². The summed E-state index contributed by atoms with van der Waals surface area (Å²) in [6.07, 6.45) is 4.88. The molecule has 0 radical (unpaired) electrons. The highest BCUT2D eigenvalue weighted by Crippen LogP contribution is 2.28. The lowest BCUT2D eigenvalue weighted by molar-refractivity contribution is -0.129. The van der Waals surface area contributed by atoms with Crippen molar-refractivity contribution in [2.24, 2.45) is 0 Å². The molecule has 5 nitrogen and oxygen atoms in total. The van der Waals surface area contributed by atoms with Gasteiger partial charge in [0, 0.05) is 13.1 Å². The Balaban J connectivity index is 1.98. The lowest BCUT2D eigenvalue weighted by atomic mass is 10.1. The Morgan fingerprint density at radius 3 is 2.18 bits per heavy atom. The van der Waals surface area contributed by atoms with Gasteiger partial charge in [0.05, 0.1) is 10.6 Å². The molecule has 0 atom stereocenters. The predicted molar refractivity (Wildman–Crippen MR) is 112 cm³/mol. The lowest BCUT2D eigenvalue weighted by Gasteiger charge is -2.29. The summed E-state index contributed by atoms with van der Waals surface area (Å²) in [4.78, 5) is 15.0. The average molecular weight is 401 g/mol. The van der Waals surface area contributed by atoms with Crippen molar-refractivity contribution >= 4 is 21.6 Å². The molecule has 0 N–H and O–H groups in total. The van der Waals surface area contributed by atoms with Gasteiger partial charge < -0.3 is 4.90 Å². The van der Waals surface area contributed by atoms with E-state index in [1.165, 1.54) is 4.31 Å². The maximum atomic E-state index is 13.4. The Morgan fingerprint density at radius 1 is 0.929 bits per heavy atom. The summed E-state index contributed by atoms with van der Waals surface area (Å²) in [5.74, 6) is -0.132. The Kier molecular flexibility index (Phi) is 6.73. The zero-order valence-electron chi connectivity index (χ0n) is 16.4. The second-order valence-corrected chi connectivity index (χ2v) is 8.96. The highest BCUT2D eigenvalue weighted by atomic mass is 32.2. The summed E-state index contributed by atoms with van der Waals surface area (Å²) >= 11 is 0. The molecule has 0 saturated carbocycles. The third-order valence-corrected chi connectivity index (χ3v) is 6.98. The van der Waals surface area contributed by atoms with Gasteiger partial charge in [-0.2, -0.15) is 0 Å². The van der Waals surface area contributed by atoms with Crippen molar-refractivity contribution < 1.29 is 13.2 Å². The first kappa shape index (κ1) is 20.4. The third kappa shape index (κ3) is 4.55. The van der Waals surface area contributed by atoms with Gasteiger partial charge in [0.1, 0.15) is 6.54 Å². The predicted octanol–water partition coefficient (Wildman–Crippen LogP) is 3.85. The fourth-order valence-electron chi connectivity index (χ4n) is 3.62. The van der Waals surface area contributed by atoms with Crippen LogP contribution in [0.4, 0.5) is 5.69 Å². The Hall–Kier alpha value is -2.34.